The molecule has 1 N–H and O–H groups in total. The second-order valence-corrected chi connectivity index (χ2v) is 7.46. The minimum Gasteiger partial charge on any atom is -0.482 e. The zero-order valence-electron chi connectivity index (χ0n) is 15.5. The summed E-state index contributed by atoms with van der Waals surface area (Å²) in [5, 5.41) is 3.43. The van der Waals surface area contributed by atoms with Crippen molar-refractivity contribution in [1.82, 2.24) is 0 Å². The Morgan fingerprint density at radius 2 is 1.90 bits per heavy atom. The molecule has 3 aromatic rings. The Balaban J connectivity index is 1.64. The Hall–Kier alpha value is -3.09. The van der Waals surface area contributed by atoms with Crippen molar-refractivity contribution < 1.29 is 18.7 Å². The second-order valence-electron chi connectivity index (χ2n) is 6.62. The molecule has 1 heterocycles. The Bertz CT molecular complexity index is 1130. The number of amides is 2. The Morgan fingerprint density at radius 3 is 2.67 bits per heavy atom. The lowest BCUT2D eigenvalue weighted by atomic mass is 10.1. The van der Waals surface area contributed by atoms with E-state index in [1.165, 1.54) is 17.0 Å². The number of hydrogen-bond acceptors (Lipinski definition) is 3. The van der Waals surface area contributed by atoms with E-state index in [1.807, 2.05) is 0 Å². The lowest BCUT2D eigenvalue weighted by Crippen LogP contribution is -2.38. The molecule has 1 aliphatic heterocycles. The topological polar surface area (TPSA) is 58.6 Å². The van der Waals surface area contributed by atoms with Crippen LogP contribution in [0.3, 0.4) is 0 Å². The van der Waals surface area contributed by atoms with E-state index in [0.29, 0.717) is 27.7 Å². The van der Waals surface area contributed by atoms with Gasteiger partial charge in [0, 0.05) is 26.9 Å². The molecule has 0 radical (unpaired) electrons. The van der Waals surface area contributed by atoms with Gasteiger partial charge < -0.3 is 15.0 Å². The highest BCUT2D eigenvalue weighted by Gasteiger charge is 2.27. The van der Waals surface area contributed by atoms with Crippen LogP contribution < -0.4 is 15.0 Å². The summed E-state index contributed by atoms with van der Waals surface area (Å²) in [5.41, 5.74) is 1.45. The minimum absolute atomic E-state index is 0.0631. The molecule has 0 fully saturated rings. The molecule has 0 unspecified atom stereocenters. The summed E-state index contributed by atoms with van der Waals surface area (Å²) in [6.07, 6.45) is 0. The van der Waals surface area contributed by atoms with E-state index in [4.69, 9.17) is 27.9 Å². The van der Waals surface area contributed by atoms with Crippen molar-refractivity contribution in [3.8, 4) is 5.75 Å². The van der Waals surface area contributed by atoms with Crippen molar-refractivity contribution >= 4 is 46.4 Å². The maximum absolute atomic E-state index is 14.3. The van der Waals surface area contributed by atoms with Crippen LogP contribution >= 0.6 is 23.2 Å². The number of anilines is 2. The average molecular weight is 445 g/mol. The fourth-order valence-corrected chi connectivity index (χ4v) is 3.54. The minimum atomic E-state index is -0.506. The van der Waals surface area contributed by atoms with Gasteiger partial charge in [-0.25, -0.2) is 4.39 Å². The number of hydrogen-bond donors (Lipinski definition) is 1. The SMILES string of the molecule is O=C(Nc1ccc2c(c1)N(Cc1c(F)cccc1Cl)C(=O)CO2)c1cccc(Cl)c1. The van der Waals surface area contributed by atoms with Crippen LogP contribution in [0, 0.1) is 5.82 Å². The maximum Gasteiger partial charge on any atom is 0.265 e. The van der Waals surface area contributed by atoms with E-state index in [1.54, 1.807) is 48.5 Å². The monoisotopic (exact) mass is 444 g/mol. The molecule has 0 bridgehead atoms. The summed E-state index contributed by atoms with van der Waals surface area (Å²) >= 11 is 12.1. The van der Waals surface area contributed by atoms with Crippen molar-refractivity contribution in [2.75, 3.05) is 16.8 Å². The molecular formula is C22H15Cl2FN2O3. The highest BCUT2D eigenvalue weighted by Crippen LogP contribution is 2.36. The van der Waals surface area contributed by atoms with Gasteiger partial charge >= 0.3 is 0 Å². The Morgan fingerprint density at radius 1 is 1.10 bits per heavy atom. The molecule has 3 aromatic carbocycles. The summed E-state index contributed by atoms with van der Waals surface area (Å²) < 4.78 is 19.7. The van der Waals surface area contributed by atoms with E-state index in [2.05, 4.69) is 5.32 Å². The van der Waals surface area contributed by atoms with Gasteiger partial charge in [-0.2, -0.15) is 0 Å². The number of halogens is 3. The van der Waals surface area contributed by atoms with E-state index in [9.17, 15) is 14.0 Å². The van der Waals surface area contributed by atoms with Gasteiger partial charge in [0.15, 0.2) is 6.61 Å². The number of rotatable bonds is 4. The molecule has 0 aliphatic carbocycles. The van der Waals surface area contributed by atoms with Crippen LogP contribution in [-0.4, -0.2) is 18.4 Å². The van der Waals surface area contributed by atoms with Gasteiger partial charge in [0.05, 0.1) is 12.2 Å². The lowest BCUT2D eigenvalue weighted by Gasteiger charge is -2.30. The summed E-state index contributed by atoms with van der Waals surface area (Å²) in [6, 6.07) is 15.8. The van der Waals surface area contributed by atoms with Gasteiger partial charge in [-0.3, -0.25) is 9.59 Å². The third kappa shape index (κ3) is 4.10. The first-order valence-electron chi connectivity index (χ1n) is 8.99. The largest absolute Gasteiger partial charge is 0.482 e. The number of fused-ring (bicyclic) bond motifs is 1. The van der Waals surface area contributed by atoms with E-state index >= 15 is 0 Å². The van der Waals surface area contributed by atoms with Gasteiger partial charge in [0.25, 0.3) is 11.8 Å². The van der Waals surface area contributed by atoms with E-state index < -0.39 is 5.82 Å². The first-order chi connectivity index (χ1) is 14.4. The van der Waals surface area contributed by atoms with Crippen LogP contribution in [0.25, 0.3) is 0 Å². The van der Waals surface area contributed by atoms with Gasteiger partial charge in [-0.1, -0.05) is 35.3 Å². The summed E-state index contributed by atoms with van der Waals surface area (Å²) in [7, 11) is 0. The molecule has 0 saturated carbocycles. The fraction of sp³-hybridized carbons (Fsp3) is 0.0909. The molecule has 0 atom stereocenters. The van der Waals surface area contributed by atoms with Crippen molar-refractivity contribution in [2.24, 2.45) is 0 Å². The van der Waals surface area contributed by atoms with Crippen LogP contribution in [-0.2, 0) is 11.3 Å². The smallest absolute Gasteiger partial charge is 0.265 e. The quantitative estimate of drug-likeness (QED) is 0.592. The van der Waals surface area contributed by atoms with Gasteiger partial charge in [0.1, 0.15) is 11.6 Å². The van der Waals surface area contributed by atoms with Crippen molar-refractivity contribution in [2.45, 2.75) is 6.54 Å². The van der Waals surface area contributed by atoms with Crippen molar-refractivity contribution in [1.29, 1.82) is 0 Å². The van der Waals surface area contributed by atoms with Gasteiger partial charge in [-0.05, 0) is 48.5 Å². The third-order valence-corrected chi connectivity index (χ3v) is 5.21. The fourth-order valence-electron chi connectivity index (χ4n) is 3.13. The third-order valence-electron chi connectivity index (χ3n) is 4.62. The number of ether oxygens (including phenoxy) is 1. The molecule has 8 heteroatoms. The Labute approximate surface area is 182 Å². The van der Waals surface area contributed by atoms with Crippen molar-refractivity contribution in [3.05, 3.63) is 87.7 Å². The van der Waals surface area contributed by atoms with Gasteiger partial charge in [-0.15, -0.1) is 0 Å². The molecule has 0 aromatic heterocycles. The molecule has 30 heavy (non-hydrogen) atoms. The highest BCUT2D eigenvalue weighted by atomic mass is 35.5. The number of benzene rings is 3. The molecule has 152 valence electrons. The van der Waals surface area contributed by atoms with Crippen LogP contribution in [0.2, 0.25) is 10.0 Å². The van der Waals surface area contributed by atoms with E-state index in [0.717, 1.165) is 0 Å². The predicted molar refractivity (Wildman–Crippen MR) is 114 cm³/mol. The van der Waals surface area contributed by atoms with Crippen LogP contribution in [0.4, 0.5) is 15.8 Å². The Kier molecular flexibility index (Phi) is 5.61. The molecule has 4 rings (SSSR count). The van der Waals surface area contributed by atoms with Crippen molar-refractivity contribution in [3.63, 3.8) is 0 Å². The summed E-state index contributed by atoms with van der Waals surface area (Å²) in [6.45, 7) is -0.236. The number of nitrogens with one attached hydrogen (secondary N) is 1. The summed E-state index contributed by atoms with van der Waals surface area (Å²) in [4.78, 5) is 26.4. The molecule has 0 saturated heterocycles. The number of carbonyl (C=O) groups is 2. The summed E-state index contributed by atoms with van der Waals surface area (Å²) in [5.74, 6) is -0.763. The van der Waals surface area contributed by atoms with Gasteiger partial charge in [0.2, 0.25) is 0 Å². The first kappa shape index (κ1) is 20.2. The van der Waals surface area contributed by atoms with Crippen LogP contribution in [0.15, 0.2) is 60.7 Å². The number of nitrogens with zero attached hydrogens (tertiary/aromatic N) is 1. The van der Waals surface area contributed by atoms with E-state index in [-0.39, 0.29) is 35.6 Å². The zero-order valence-corrected chi connectivity index (χ0v) is 17.0. The molecule has 5 nitrogen and oxygen atoms in total. The van der Waals surface area contributed by atoms with Crippen LogP contribution in [0.1, 0.15) is 15.9 Å². The predicted octanol–water partition coefficient (Wildman–Crippen LogP) is 5.31. The highest BCUT2D eigenvalue weighted by molar-refractivity contribution is 6.31. The zero-order chi connectivity index (χ0) is 21.3. The first-order valence-corrected chi connectivity index (χ1v) is 9.75. The lowest BCUT2D eigenvalue weighted by molar-refractivity contribution is -0.121. The number of carbonyl (C=O) groups excluding carboxylic acids is 2. The maximum atomic E-state index is 14.3. The average Bonchev–Trinajstić information content (AvgIpc) is 2.72. The van der Waals surface area contributed by atoms with Crippen LogP contribution in [0.5, 0.6) is 5.75 Å². The molecular weight excluding hydrogens is 430 g/mol. The standard InChI is InChI=1S/C22H15Cl2FN2O3/c23-14-4-1-3-13(9-14)22(29)26-15-7-8-20-19(10-15)27(21(28)12-30-20)11-16-17(24)5-2-6-18(16)25/h1-10H,11-12H2,(H,26,29). The molecule has 0 spiro atoms. The molecule has 2 amide bonds. The second kappa shape index (κ2) is 8.34. The normalized spacial score (nSPS) is 12.9. The molecule has 1 aliphatic rings.